The Morgan fingerprint density at radius 3 is 2.32 bits per heavy atom. The van der Waals surface area contributed by atoms with Crippen LogP contribution in [-0.4, -0.2) is 36.5 Å². The van der Waals surface area contributed by atoms with Crippen LogP contribution in [0.3, 0.4) is 0 Å². The predicted molar refractivity (Wildman–Crippen MR) is 134 cm³/mol. The fourth-order valence-electron chi connectivity index (χ4n) is 4.49. The molecule has 3 rings (SSSR count). The summed E-state index contributed by atoms with van der Waals surface area (Å²) >= 11 is 0. The molecule has 0 saturated heterocycles. The quantitative estimate of drug-likeness (QED) is 0.391. The van der Waals surface area contributed by atoms with Gasteiger partial charge in [0.15, 0.2) is 0 Å². The molecule has 0 fully saturated rings. The summed E-state index contributed by atoms with van der Waals surface area (Å²) in [6, 6.07) is 10.3. The molecule has 0 bridgehead atoms. The number of carbonyl (C=O) groups is 1. The number of ether oxygens (including phenoxy) is 2. The van der Waals surface area contributed by atoms with Gasteiger partial charge in [0.05, 0.1) is 12.2 Å². The van der Waals surface area contributed by atoms with Crippen LogP contribution in [0.25, 0.3) is 0 Å². The third kappa shape index (κ3) is 6.00. The molecule has 2 N–H and O–H groups in total. The number of unbranched alkanes of at least 4 members (excludes halogenated alkanes) is 1. The minimum atomic E-state index is -0.985. The summed E-state index contributed by atoms with van der Waals surface area (Å²) in [5, 5.41) is 20.0. The second-order valence-corrected chi connectivity index (χ2v) is 10.3. The minimum absolute atomic E-state index is 0.0201. The van der Waals surface area contributed by atoms with E-state index < -0.39 is 12.1 Å². The highest BCUT2D eigenvalue weighted by Gasteiger charge is 2.40. The number of hydrogen-bond acceptors (Lipinski definition) is 4. The first-order valence-electron chi connectivity index (χ1n) is 11.9. The summed E-state index contributed by atoms with van der Waals surface area (Å²) in [7, 11) is 1.70. The van der Waals surface area contributed by atoms with Crippen molar-refractivity contribution in [3.63, 3.8) is 0 Å². The van der Waals surface area contributed by atoms with Crippen LogP contribution in [0.1, 0.15) is 92.1 Å². The molecule has 2 aromatic rings. The van der Waals surface area contributed by atoms with E-state index in [1.807, 2.05) is 6.07 Å². The molecule has 1 unspecified atom stereocenters. The minimum Gasteiger partial charge on any atom is -0.493 e. The largest absolute Gasteiger partial charge is 0.493 e. The summed E-state index contributed by atoms with van der Waals surface area (Å²) in [5.41, 5.74) is 3.95. The van der Waals surface area contributed by atoms with Crippen molar-refractivity contribution in [2.24, 2.45) is 0 Å². The molecular weight excluding hydrogens is 428 g/mol. The SMILES string of the molecule is COCCCCOc1cc(C(O)C#Cc2ccc(C(=O)O)cc2)cc2c1C(C)(C)CCC2(C)C. The van der Waals surface area contributed by atoms with E-state index in [1.54, 1.807) is 19.2 Å². The Kier molecular flexibility index (Phi) is 8.07. The maximum Gasteiger partial charge on any atom is 0.335 e. The van der Waals surface area contributed by atoms with Gasteiger partial charge in [0.2, 0.25) is 0 Å². The number of fused-ring (bicyclic) bond motifs is 1. The summed E-state index contributed by atoms with van der Waals surface area (Å²) in [4.78, 5) is 11.0. The van der Waals surface area contributed by atoms with Crippen LogP contribution in [-0.2, 0) is 15.6 Å². The van der Waals surface area contributed by atoms with Crippen LogP contribution in [0, 0.1) is 11.8 Å². The zero-order valence-corrected chi connectivity index (χ0v) is 20.9. The van der Waals surface area contributed by atoms with Crippen molar-refractivity contribution in [3.8, 4) is 17.6 Å². The molecule has 2 aromatic carbocycles. The van der Waals surface area contributed by atoms with Crippen LogP contribution in [0.4, 0.5) is 0 Å². The molecule has 1 aliphatic rings. The zero-order chi connectivity index (χ0) is 24.9. The number of carboxylic acids is 1. The van der Waals surface area contributed by atoms with Gasteiger partial charge in [0, 0.05) is 24.8 Å². The first-order valence-corrected chi connectivity index (χ1v) is 11.9. The van der Waals surface area contributed by atoms with Crippen molar-refractivity contribution < 1.29 is 24.5 Å². The third-order valence-electron chi connectivity index (χ3n) is 6.71. The molecule has 0 heterocycles. The van der Waals surface area contributed by atoms with E-state index in [9.17, 15) is 9.90 Å². The molecule has 0 aromatic heterocycles. The second kappa shape index (κ2) is 10.6. The molecule has 0 radical (unpaired) electrons. The first-order chi connectivity index (χ1) is 16.0. The Labute approximate surface area is 203 Å². The number of aliphatic hydroxyl groups is 1. The fraction of sp³-hybridized carbons (Fsp3) is 0.483. The van der Waals surface area contributed by atoms with Gasteiger partial charge in [-0.25, -0.2) is 4.79 Å². The van der Waals surface area contributed by atoms with E-state index in [2.05, 4.69) is 45.6 Å². The number of carboxylic acid groups (broad SMARTS) is 1. The maximum atomic E-state index is 11.0. The molecule has 0 amide bonds. The standard InChI is InChI=1S/C29H36O5/c1-28(2)14-15-29(3,4)26-23(28)18-22(19-25(26)34-17-7-6-16-33-5)24(30)13-10-20-8-11-21(12-9-20)27(31)32/h8-9,11-12,18-19,24,30H,6-7,14-17H2,1-5H3,(H,31,32). The highest BCUT2D eigenvalue weighted by Crippen LogP contribution is 2.50. The van der Waals surface area contributed by atoms with Crippen LogP contribution in [0.2, 0.25) is 0 Å². The lowest BCUT2D eigenvalue weighted by Crippen LogP contribution is -2.34. The number of rotatable bonds is 8. The molecule has 1 atom stereocenters. The highest BCUT2D eigenvalue weighted by atomic mass is 16.5. The van der Waals surface area contributed by atoms with E-state index in [0.717, 1.165) is 31.4 Å². The summed E-state index contributed by atoms with van der Waals surface area (Å²) in [5.74, 6) is 5.73. The Hall–Kier alpha value is -2.81. The Balaban J connectivity index is 1.94. The smallest absolute Gasteiger partial charge is 0.335 e. The molecular formula is C29H36O5. The lowest BCUT2D eigenvalue weighted by Gasteiger charge is -2.43. The molecule has 5 nitrogen and oxygen atoms in total. The summed E-state index contributed by atoms with van der Waals surface area (Å²) in [6.45, 7) is 10.3. The molecule has 34 heavy (non-hydrogen) atoms. The maximum absolute atomic E-state index is 11.0. The van der Waals surface area contributed by atoms with Crippen molar-refractivity contribution in [2.45, 2.75) is 70.3 Å². The van der Waals surface area contributed by atoms with Crippen LogP contribution < -0.4 is 4.74 Å². The first kappa shape index (κ1) is 25.8. The van der Waals surface area contributed by atoms with Crippen LogP contribution in [0.15, 0.2) is 36.4 Å². The summed E-state index contributed by atoms with van der Waals surface area (Å²) in [6.07, 6.45) is 2.97. The number of aromatic carboxylic acids is 1. The Bertz CT molecular complexity index is 1070. The zero-order valence-electron chi connectivity index (χ0n) is 20.9. The van der Waals surface area contributed by atoms with Crippen molar-refractivity contribution in [2.75, 3.05) is 20.3 Å². The highest BCUT2D eigenvalue weighted by molar-refractivity contribution is 5.87. The molecule has 182 valence electrons. The van der Waals surface area contributed by atoms with Crippen molar-refractivity contribution in [3.05, 3.63) is 64.2 Å². The predicted octanol–water partition coefficient (Wildman–Crippen LogP) is 5.62. The average Bonchev–Trinajstić information content (AvgIpc) is 2.80. The van der Waals surface area contributed by atoms with E-state index in [-0.39, 0.29) is 16.4 Å². The normalized spacial score (nSPS) is 16.6. The van der Waals surface area contributed by atoms with Crippen molar-refractivity contribution in [1.29, 1.82) is 0 Å². The lowest BCUT2D eigenvalue weighted by molar-refractivity contribution is 0.0697. The van der Waals surface area contributed by atoms with Gasteiger partial charge in [-0.2, -0.15) is 0 Å². The fourth-order valence-corrected chi connectivity index (χ4v) is 4.49. The van der Waals surface area contributed by atoms with Crippen molar-refractivity contribution in [1.82, 2.24) is 0 Å². The molecule has 5 heteroatoms. The van der Waals surface area contributed by atoms with Gasteiger partial charge in [-0.15, -0.1) is 0 Å². The third-order valence-corrected chi connectivity index (χ3v) is 6.71. The molecule has 1 aliphatic carbocycles. The van der Waals surface area contributed by atoms with Gasteiger partial charge in [0.25, 0.3) is 0 Å². The van der Waals surface area contributed by atoms with Crippen molar-refractivity contribution >= 4 is 5.97 Å². The Morgan fingerprint density at radius 2 is 1.68 bits per heavy atom. The topological polar surface area (TPSA) is 76.0 Å². The average molecular weight is 465 g/mol. The van der Waals surface area contributed by atoms with Gasteiger partial charge in [-0.3, -0.25) is 0 Å². The number of aliphatic hydroxyl groups excluding tert-OH is 1. The van der Waals surface area contributed by atoms with E-state index in [4.69, 9.17) is 14.6 Å². The van der Waals surface area contributed by atoms with Gasteiger partial charge >= 0.3 is 5.97 Å². The van der Waals surface area contributed by atoms with Crippen LogP contribution in [0.5, 0.6) is 5.75 Å². The monoisotopic (exact) mass is 464 g/mol. The Morgan fingerprint density at radius 1 is 1.03 bits per heavy atom. The van der Waals surface area contributed by atoms with Gasteiger partial charge in [-0.1, -0.05) is 45.6 Å². The van der Waals surface area contributed by atoms with E-state index in [1.165, 1.54) is 23.3 Å². The molecule has 0 spiro atoms. The van der Waals surface area contributed by atoms with E-state index in [0.29, 0.717) is 24.3 Å². The van der Waals surface area contributed by atoms with Crippen LogP contribution >= 0.6 is 0 Å². The molecule has 0 aliphatic heterocycles. The summed E-state index contributed by atoms with van der Waals surface area (Å²) < 4.78 is 11.4. The number of hydrogen-bond donors (Lipinski definition) is 2. The van der Waals surface area contributed by atoms with Gasteiger partial charge < -0.3 is 19.7 Å². The van der Waals surface area contributed by atoms with Gasteiger partial charge in [-0.05, 0) is 78.0 Å². The van der Waals surface area contributed by atoms with E-state index >= 15 is 0 Å². The molecule has 0 saturated carbocycles. The second-order valence-electron chi connectivity index (χ2n) is 10.3. The number of benzene rings is 2. The lowest BCUT2D eigenvalue weighted by atomic mass is 9.62. The number of methoxy groups -OCH3 is 1. The van der Waals surface area contributed by atoms with Gasteiger partial charge in [0.1, 0.15) is 11.9 Å².